The quantitative estimate of drug-likeness (QED) is 0.756. The molecule has 1 aromatic carbocycles. The summed E-state index contributed by atoms with van der Waals surface area (Å²) in [6.45, 7) is 4.03. The molecule has 31 heavy (non-hydrogen) atoms. The first-order chi connectivity index (χ1) is 15.0. The number of amides is 2. The lowest BCUT2D eigenvalue weighted by Crippen LogP contribution is -2.61. The zero-order chi connectivity index (χ0) is 21.6. The highest BCUT2D eigenvalue weighted by atomic mass is 16.2. The Morgan fingerprint density at radius 2 is 1.74 bits per heavy atom. The van der Waals surface area contributed by atoms with E-state index in [1.54, 1.807) is 19.3 Å². The van der Waals surface area contributed by atoms with Gasteiger partial charge in [-0.2, -0.15) is 0 Å². The minimum Gasteiger partial charge on any atom is -0.334 e. The Kier molecular flexibility index (Phi) is 5.07. The molecule has 2 aromatic rings. The van der Waals surface area contributed by atoms with Crippen molar-refractivity contribution in [3.63, 3.8) is 0 Å². The number of fused-ring (bicyclic) bond motifs is 1. The summed E-state index contributed by atoms with van der Waals surface area (Å²) in [5.74, 6) is 0.203. The zero-order valence-corrected chi connectivity index (χ0v) is 18.4. The third-order valence-corrected chi connectivity index (χ3v) is 8.00. The second-order valence-corrected chi connectivity index (χ2v) is 9.73. The van der Waals surface area contributed by atoms with Crippen molar-refractivity contribution in [2.75, 3.05) is 0 Å². The van der Waals surface area contributed by atoms with Gasteiger partial charge in [0, 0.05) is 36.8 Å². The number of likely N-dealkylation sites (tertiary alicyclic amines) is 2. The molecule has 1 aliphatic carbocycles. The molecule has 0 radical (unpaired) electrons. The van der Waals surface area contributed by atoms with Crippen molar-refractivity contribution in [1.29, 1.82) is 0 Å². The van der Waals surface area contributed by atoms with E-state index in [0.29, 0.717) is 5.56 Å². The third-order valence-electron chi connectivity index (χ3n) is 8.00. The molecule has 3 heterocycles. The predicted octanol–water partition coefficient (Wildman–Crippen LogP) is 4.09. The van der Waals surface area contributed by atoms with E-state index in [1.807, 2.05) is 18.2 Å². The van der Waals surface area contributed by atoms with Crippen LogP contribution in [0.15, 0.2) is 54.9 Å². The van der Waals surface area contributed by atoms with Crippen LogP contribution < -0.4 is 0 Å². The van der Waals surface area contributed by atoms with E-state index in [2.05, 4.69) is 46.0 Å². The number of rotatable bonds is 3. The number of piperidine rings is 1. The lowest BCUT2D eigenvalue weighted by molar-refractivity contribution is -0.141. The van der Waals surface area contributed by atoms with Crippen molar-refractivity contribution in [3.8, 4) is 0 Å². The fraction of sp³-hybridized carbons (Fsp3) is 0.500. The molecule has 5 heteroatoms. The van der Waals surface area contributed by atoms with Gasteiger partial charge in [-0.05, 0) is 43.4 Å². The Balaban J connectivity index is 1.61. The summed E-state index contributed by atoms with van der Waals surface area (Å²) in [6.07, 6.45) is 9.39. The molecule has 3 fully saturated rings. The van der Waals surface area contributed by atoms with E-state index in [-0.39, 0.29) is 41.4 Å². The van der Waals surface area contributed by atoms with Gasteiger partial charge in [0.05, 0.1) is 17.6 Å². The van der Waals surface area contributed by atoms with Crippen LogP contribution in [0.2, 0.25) is 0 Å². The molecular weight excluding hydrogens is 386 g/mol. The topological polar surface area (TPSA) is 53.5 Å². The normalized spacial score (nSPS) is 31.9. The molecule has 2 amide bonds. The van der Waals surface area contributed by atoms with Gasteiger partial charge >= 0.3 is 0 Å². The van der Waals surface area contributed by atoms with Crippen LogP contribution in [0.25, 0.3) is 0 Å². The molecule has 2 aliphatic heterocycles. The molecule has 2 bridgehead atoms. The van der Waals surface area contributed by atoms with E-state index < -0.39 is 0 Å². The van der Waals surface area contributed by atoms with E-state index in [4.69, 9.17) is 0 Å². The molecule has 3 aliphatic rings. The minimum atomic E-state index is -0.0576. The number of aromatic nitrogens is 1. The summed E-state index contributed by atoms with van der Waals surface area (Å²) >= 11 is 0. The van der Waals surface area contributed by atoms with Gasteiger partial charge in [-0.25, -0.2) is 0 Å². The largest absolute Gasteiger partial charge is 0.334 e. The van der Waals surface area contributed by atoms with Crippen LogP contribution in [0.5, 0.6) is 0 Å². The number of hydrogen-bond donors (Lipinski definition) is 0. The van der Waals surface area contributed by atoms with Gasteiger partial charge in [0.1, 0.15) is 0 Å². The number of pyridine rings is 1. The van der Waals surface area contributed by atoms with Crippen LogP contribution in [0, 0.1) is 5.41 Å². The van der Waals surface area contributed by atoms with Crippen molar-refractivity contribution in [2.24, 2.45) is 5.41 Å². The number of benzene rings is 1. The van der Waals surface area contributed by atoms with Crippen LogP contribution >= 0.6 is 0 Å². The van der Waals surface area contributed by atoms with E-state index in [0.717, 1.165) is 38.5 Å². The van der Waals surface area contributed by atoms with E-state index in [9.17, 15) is 9.59 Å². The molecule has 5 nitrogen and oxygen atoms in total. The maximum Gasteiger partial charge on any atom is 0.256 e. The molecule has 0 spiro atoms. The van der Waals surface area contributed by atoms with Gasteiger partial charge in [0.25, 0.3) is 5.91 Å². The molecule has 0 N–H and O–H groups in total. The second kappa shape index (κ2) is 7.77. The summed E-state index contributed by atoms with van der Waals surface area (Å²) < 4.78 is 0. The summed E-state index contributed by atoms with van der Waals surface area (Å²) in [5.41, 5.74) is 1.81. The molecular formula is C26H31N3O2. The number of hydrogen-bond acceptors (Lipinski definition) is 3. The van der Waals surface area contributed by atoms with Crippen molar-refractivity contribution in [1.82, 2.24) is 14.8 Å². The monoisotopic (exact) mass is 417 g/mol. The van der Waals surface area contributed by atoms with Gasteiger partial charge in [-0.1, -0.05) is 50.1 Å². The molecule has 162 valence electrons. The fourth-order valence-electron chi connectivity index (χ4n) is 6.73. The summed E-state index contributed by atoms with van der Waals surface area (Å²) in [7, 11) is 0. The second-order valence-electron chi connectivity index (χ2n) is 9.73. The van der Waals surface area contributed by atoms with E-state index in [1.165, 1.54) is 5.56 Å². The molecule has 5 atom stereocenters. The lowest BCUT2D eigenvalue weighted by Gasteiger charge is -2.50. The maximum absolute atomic E-state index is 13.8. The molecule has 1 aromatic heterocycles. The fourth-order valence-corrected chi connectivity index (χ4v) is 6.73. The SMILES string of the molecule is CC(=O)N1[C@H](Cc2ccccc2)[C@@H]2C[C@@]3(C)[C@H](CCCC[C@@H]13)N2C(=O)c1cccnc1. The van der Waals surface area contributed by atoms with Crippen LogP contribution in [0.3, 0.4) is 0 Å². The van der Waals surface area contributed by atoms with Gasteiger partial charge in [0.15, 0.2) is 0 Å². The Hall–Kier alpha value is -2.69. The Morgan fingerprint density at radius 1 is 1.03 bits per heavy atom. The average Bonchev–Trinajstić information content (AvgIpc) is 2.93. The standard InChI is InChI=1S/C26H31N3O2/c1-18(30)28-21(15-19-9-4-3-5-10-19)22-16-26(2)23(28)12-6-7-13-24(26)29(22)25(31)20-11-8-14-27-17-20/h3-5,8-11,14,17,21-24H,6-7,12-13,15-16H2,1-2H3/t21-,22+,23-,24+,26-/m1/s1. The Labute approximate surface area is 184 Å². The molecule has 1 saturated carbocycles. The van der Waals surface area contributed by atoms with Gasteiger partial charge in [-0.15, -0.1) is 0 Å². The third kappa shape index (κ3) is 3.26. The first-order valence-electron chi connectivity index (χ1n) is 11.6. The van der Waals surface area contributed by atoms with Gasteiger partial charge in [0.2, 0.25) is 5.91 Å². The number of carbonyl (C=O) groups is 2. The van der Waals surface area contributed by atoms with Crippen LogP contribution in [-0.4, -0.2) is 50.8 Å². The maximum atomic E-state index is 13.8. The smallest absolute Gasteiger partial charge is 0.256 e. The Morgan fingerprint density at radius 3 is 2.39 bits per heavy atom. The zero-order valence-electron chi connectivity index (χ0n) is 18.4. The highest BCUT2D eigenvalue weighted by Gasteiger charge is 2.63. The Bertz CT molecular complexity index is 963. The van der Waals surface area contributed by atoms with E-state index >= 15 is 0 Å². The number of carbonyl (C=O) groups excluding carboxylic acids is 2. The summed E-state index contributed by atoms with van der Waals surface area (Å²) in [6, 6.07) is 14.5. The highest BCUT2D eigenvalue weighted by Crippen LogP contribution is 2.55. The van der Waals surface area contributed by atoms with Crippen LogP contribution in [-0.2, 0) is 11.2 Å². The molecule has 2 saturated heterocycles. The van der Waals surface area contributed by atoms with Crippen molar-refractivity contribution >= 4 is 11.8 Å². The molecule has 0 unspecified atom stereocenters. The minimum absolute atomic E-state index is 0.00157. The number of nitrogens with zero attached hydrogens (tertiary/aromatic N) is 3. The van der Waals surface area contributed by atoms with Gasteiger partial charge < -0.3 is 9.80 Å². The van der Waals surface area contributed by atoms with Crippen molar-refractivity contribution in [3.05, 3.63) is 66.0 Å². The van der Waals surface area contributed by atoms with Crippen LogP contribution in [0.4, 0.5) is 0 Å². The summed E-state index contributed by atoms with van der Waals surface area (Å²) in [5, 5.41) is 0. The average molecular weight is 418 g/mol. The lowest BCUT2D eigenvalue weighted by atomic mass is 9.69. The summed E-state index contributed by atoms with van der Waals surface area (Å²) in [4.78, 5) is 35.4. The first kappa shape index (κ1) is 20.2. The van der Waals surface area contributed by atoms with Crippen molar-refractivity contribution < 1.29 is 9.59 Å². The van der Waals surface area contributed by atoms with Crippen LogP contribution in [0.1, 0.15) is 61.9 Å². The predicted molar refractivity (Wildman–Crippen MR) is 119 cm³/mol. The van der Waals surface area contributed by atoms with Crippen molar-refractivity contribution in [2.45, 2.75) is 76.5 Å². The highest BCUT2D eigenvalue weighted by molar-refractivity contribution is 5.95. The first-order valence-corrected chi connectivity index (χ1v) is 11.6. The van der Waals surface area contributed by atoms with Gasteiger partial charge in [-0.3, -0.25) is 14.6 Å². The molecule has 5 rings (SSSR count).